The third-order valence-electron chi connectivity index (χ3n) is 13.6. The number of amides is 2. The van der Waals surface area contributed by atoms with Crippen LogP contribution in [0.1, 0.15) is 123 Å². The maximum atomic E-state index is 15.2. The van der Waals surface area contributed by atoms with Crippen molar-refractivity contribution >= 4 is 29.8 Å². The van der Waals surface area contributed by atoms with Gasteiger partial charge in [-0.1, -0.05) is 75.9 Å². The van der Waals surface area contributed by atoms with Gasteiger partial charge in [-0.2, -0.15) is 5.06 Å². The third kappa shape index (κ3) is 12.7. The fourth-order valence-corrected chi connectivity index (χ4v) is 10.0. The van der Waals surface area contributed by atoms with Gasteiger partial charge in [-0.3, -0.25) is 24.0 Å². The average molecular weight is 978 g/mol. The molecule has 5 aliphatic rings. The third-order valence-corrected chi connectivity index (χ3v) is 13.6. The van der Waals surface area contributed by atoms with Crippen LogP contribution in [0.3, 0.4) is 0 Å². The highest BCUT2D eigenvalue weighted by molar-refractivity contribution is 5.96. The molecule has 0 aromatic heterocycles. The smallest absolute Gasteiger partial charge is 0.327 e. The Balaban J connectivity index is 1.23. The molecule has 0 spiro atoms. The number of nitrogens with zero attached hydrogens (tertiary/aromatic N) is 1. The maximum Gasteiger partial charge on any atom is 0.327 e. The van der Waals surface area contributed by atoms with Crippen LogP contribution in [0.4, 0.5) is 0 Å². The lowest BCUT2D eigenvalue weighted by Crippen LogP contribution is -2.71. The summed E-state index contributed by atoms with van der Waals surface area (Å²) < 4.78 is 36.3. The van der Waals surface area contributed by atoms with Gasteiger partial charge in [0.1, 0.15) is 65.9 Å². The van der Waals surface area contributed by atoms with Crippen LogP contribution in [0.15, 0.2) is 30.3 Å². The van der Waals surface area contributed by atoms with Crippen molar-refractivity contribution in [3.8, 4) is 0 Å². The van der Waals surface area contributed by atoms with E-state index in [0.29, 0.717) is 18.4 Å². The van der Waals surface area contributed by atoms with E-state index >= 15 is 4.79 Å². The van der Waals surface area contributed by atoms with Crippen LogP contribution < -0.4 is 10.6 Å². The lowest BCUT2D eigenvalue weighted by atomic mass is 9.62. The van der Waals surface area contributed by atoms with Crippen LogP contribution in [-0.4, -0.2) is 170 Å². The van der Waals surface area contributed by atoms with Gasteiger partial charge in [-0.05, 0) is 58.1 Å². The molecule has 2 unspecified atom stereocenters. The largest absolute Gasteiger partial charge is 0.460 e. The summed E-state index contributed by atoms with van der Waals surface area (Å²) in [7, 11) is 0. The molecule has 1 aromatic carbocycles. The Morgan fingerprint density at radius 2 is 1.61 bits per heavy atom. The van der Waals surface area contributed by atoms with Crippen molar-refractivity contribution in [2.45, 2.75) is 209 Å². The molecule has 2 bridgehead atoms. The van der Waals surface area contributed by atoms with Crippen molar-refractivity contribution in [1.82, 2.24) is 15.7 Å². The van der Waals surface area contributed by atoms with Gasteiger partial charge in [0.15, 0.2) is 18.1 Å². The lowest BCUT2D eigenvalue weighted by molar-refractivity contribution is -0.298. The number of benzene rings is 1. The van der Waals surface area contributed by atoms with Crippen molar-refractivity contribution in [2.24, 2.45) is 5.41 Å². The number of rotatable bonds is 24. The van der Waals surface area contributed by atoms with Gasteiger partial charge >= 0.3 is 11.9 Å². The van der Waals surface area contributed by atoms with Crippen molar-refractivity contribution in [3.63, 3.8) is 0 Å². The minimum atomic E-state index is -1.68. The summed E-state index contributed by atoms with van der Waals surface area (Å²) >= 11 is 0. The van der Waals surface area contributed by atoms with Gasteiger partial charge in [0.05, 0.1) is 38.5 Å². The Hall–Kier alpha value is -3.64. The molecule has 2 amide bonds. The zero-order valence-corrected chi connectivity index (χ0v) is 40.7. The van der Waals surface area contributed by atoms with E-state index in [9.17, 15) is 45.0 Å². The number of fused-ring (bicyclic) bond motifs is 4. The van der Waals surface area contributed by atoms with Gasteiger partial charge < -0.3 is 69.7 Å². The topological polar surface area (TPSA) is 282 Å². The van der Waals surface area contributed by atoms with Gasteiger partial charge in [0.2, 0.25) is 11.8 Å². The fourth-order valence-electron chi connectivity index (χ4n) is 10.0. The minimum Gasteiger partial charge on any atom is -0.460 e. The van der Waals surface area contributed by atoms with E-state index in [1.54, 1.807) is 32.9 Å². The molecule has 1 aromatic rings. The zero-order chi connectivity index (χ0) is 50.3. The maximum absolute atomic E-state index is 15.2. The Morgan fingerprint density at radius 3 is 2.22 bits per heavy atom. The summed E-state index contributed by atoms with van der Waals surface area (Å²) in [6, 6.07) is 3.47. The van der Waals surface area contributed by atoms with Gasteiger partial charge in [0, 0.05) is 25.7 Å². The first kappa shape index (κ1) is 54.7. The Bertz CT molecular complexity index is 1900. The highest BCUT2D eigenvalue weighted by Gasteiger charge is 2.76. The second-order valence-corrected chi connectivity index (χ2v) is 20.1. The first-order chi connectivity index (χ1) is 32.8. The van der Waals surface area contributed by atoms with E-state index in [2.05, 4.69) is 24.5 Å². The van der Waals surface area contributed by atoms with Crippen molar-refractivity contribution < 1.29 is 83.1 Å². The molecule has 6 rings (SSSR count). The van der Waals surface area contributed by atoms with E-state index in [0.717, 1.165) is 44.1 Å². The van der Waals surface area contributed by atoms with Crippen LogP contribution in [0, 0.1) is 5.41 Å². The van der Waals surface area contributed by atoms with Crippen molar-refractivity contribution in [2.75, 3.05) is 19.8 Å². The van der Waals surface area contributed by atoms with Crippen LogP contribution in [0.25, 0.3) is 6.08 Å². The number of unbranched alkanes of at least 4 members (excludes halogenated alkanes) is 4. The van der Waals surface area contributed by atoms with Crippen LogP contribution in [0.2, 0.25) is 0 Å². The molecular formula is C49H75N3O17. The SMILES string of the molecule is CCCCCC1(CCCCC)O[C@@H]2[C@H]3ON(Cc4ccc(C=CCO[C@H]5O[C@H](CO)[C@H](O)[C@H](O)[C@H]5O)cc4)[C@H]4C(=O)OC(CC34C(=O)N[C@@H](C(=O)N[C@H](CO)CCC(=O)OC(C)(C)C)[C@H](C)O)[C@@H]2O1. The van der Waals surface area contributed by atoms with Crippen LogP contribution in [0.5, 0.6) is 0 Å². The predicted octanol–water partition coefficient (Wildman–Crippen LogP) is 1.42. The summed E-state index contributed by atoms with van der Waals surface area (Å²) in [5, 5.41) is 67.9. The second-order valence-electron chi connectivity index (χ2n) is 20.1. The highest BCUT2D eigenvalue weighted by atomic mass is 16.8. The normalized spacial score (nSPS) is 32.0. The van der Waals surface area contributed by atoms with E-state index in [4.69, 9.17) is 33.3 Å². The second kappa shape index (κ2) is 23.7. The van der Waals surface area contributed by atoms with Crippen molar-refractivity contribution in [1.29, 1.82) is 0 Å². The number of ether oxygens (including phenoxy) is 6. The fraction of sp³-hybridized carbons (Fsp3) is 0.755. The molecular weight excluding hydrogens is 903 g/mol. The van der Waals surface area contributed by atoms with E-state index in [-0.39, 0.29) is 32.4 Å². The predicted molar refractivity (Wildman–Crippen MR) is 245 cm³/mol. The van der Waals surface area contributed by atoms with E-state index < -0.39 is 133 Å². The summed E-state index contributed by atoms with van der Waals surface area (Å²) in [5.41, 5.74) is -0.965. The molecule has 8 N–H and O–H groups in total. The summed E-state index contributed by atoms with van der Waals surface area (Å²) in [6.07, 6.45) is -2.06. The Morgan fingerprint density at radius 1 is 0.942 bits per heavy atom. The lowest BCUT2D eigenvalue weighted by Gasteiger charge is -2.49. The quantitative estimate of drug-likeness (QED) is 0.0537. The molecule has 1 aliphatic carbocycles. The van der Waals surface area contributed by atoms with E-state index in [1.807, 2.05) is 24.3 Å². The molecule has 388 valence electrons. The molecule has 5 fully saturated rings. The first-order valence-electron chi connectivity index (χ1n) is 24.6. The number of carbonyl (C=O) groups excluding carboxylic acids is 4. The van der Waals surface area contributed by atoms with Gasteiger partial charge in [-0.15, -0.1) is 0 Å². The number of hydrogen-bond acceptors (Lipinski definition) is 18. The molecule has 69 heavy (non-hydrogen) atoms. The standard InChI is InChI=1S/C49H75N3O17/c1-7-9-11-21-48(22-12-10-8-2)67-39-32-24-49(46(62)51-35(28(3)55)43(60)50-31(26-53)19-20-34(56)66-47(4,5)6)41(44(61)64-32)52(69-42(49)40(39)68-48)25-30-17-15-29(16-18-30)14-13-23-63-45-38(59)37(58)36(57)33(27-54)65-45/h13-18,28,31-33,35-42,45,53-55,57-59H,7-12,19-27H2,1-6H3,(H,50,60)(H,51,62)/t28-,31-,32?,33+,35+,36-,37-,38+,39-,40-,41-,42+,45-,49?/m0/s1. The molecule has 20 nitrogen and oxygen atoms in total. The zero-order valence-electron chi connectivity index (χ0n) is 40.7. The number of aliphatic hydroxyl groups excluding tert-OH is 6. The summed E-state index contributed by atoms with van der Waals surface area (Å²) in [4.78, 5) is 62.7. The number of nitrogens with one attached hydrogen (secondary N) is 2. The number of aliphatic hydroxyl groups is 6. The molecule has 0 radical (unpaired) electrons. The average Bonchev–Trinajstić information content (AvgIpc) is 3.86. The molecule has 4 aliphatic heterocycles. The summed E-state index contributed by atoms with van der Waals surface area (Å²) in [6.45, 7) is 9.60. The van der Waals surface area contributed by atoms with Crippen LogP contribution >= 0.6 is 0 Å². The van der Waals surface area contributed by atoms with Gasteiger partial charge in [0.25, 0.3) is 0 Å². The number of esters is 2. The van der Waals surface area contributed by atoms with E-state index in [1.165, 1.54) is 12.0 Å². The number of carbonyl (C=O) groups is 4. The number of hydrogen-bond donors (Lipinski definition) is 8. The Labute approximate surface area is 403 Å². The molecule has 20 heteroatoms. The summed E-state index contributed by atoms with van der Waals surface area (Å²) in [5.74, 6) is -3.81. The molecule has 4 saturated heterocycles. The first-order valence-corrected chi connectivity index (χ1v) is 24.6. The molecule has 1 saturated carbocycles. The highest BCUT2D eigenvalue weighted by Crippen LogP contribution is 2.58. The van der Waals surface area contributed by atoms with Gasteiger partial charge in [-0.25, -0.2) is 0 Å². The van der Waals surface area contributed by atoms with Crippen molar-refractivity contribution in [3.05, 3.63) is 41.5 Å². The Kier molecular flexibility index (Phi) is 18.8. The monoisotopic (exact) mass is 978 g/mol. The minimum absolute atomic E-state index is 0.0205. The van der Waals surface area contributed by atoms with Crippen LogP contribution in [-0.2, 0) is 59.0 Å². The number of hydroxylamine groups is 2. The molecule has 14 atom stereocenters. The molecule has 4 heterocycles.